The predicted molar refractivity (Wildman–Crippen MR) is 93.7 cm³/mol. The summed E-state index contributed by atoms with van der Waals surface area (Å²) in [6.07, 6.45) is 0.556. The Hall–Kier alpha value is -3.20. The van der Waals surface area contributed by atoms with E-state index in [9.17, 15) is 4.39 Å². The number of nitrogens with zero attached hydrogens (tertiary/aromatic N) is 4. The van der Waals surface area contributed by atoms with Crippen LogP contribution in [0, 0.1) is 5.82 Å². The average Bonchev–Trinajstić information content (AvgIpc) is 3.32. The Kier molecular flexibility index (Phi) is 3.45. The van der Waals surface area contributed by atoms with Crippen molar-refractivity contribution < 1.29 is 13.9 Å². The number of fused-ring (bicyclic) bond motifs is 2. The van der Waals surface area contributed by atoms with Crippen LogP contribution in [0.15, 0.2) is 42.5 Å². The number of nitrogens with one attached hydrogen (secondary N) is 1. The monoisotopic (exact) mass is 369 g/mol. The Morgan fingerprint density at radius 1 is 1.12 bits per heavy atom. The van der Waals surface area contributed by atoms with Crippen LogP contribution in [-0.4, -0.2) is 26.6 Å². The minimum absolute atomic E-state index is 0.245. The summed E-state index contributed by atoms with van der Waals surface area (Å²) < 4.78 is 25.7. The number of aromatic nitrogens is 4. The fraction of sp³-hybridized carbons (Fsp3) is 0.118. The van der Waals surface area contributed by atoms with Crippen molar-refractivity contribution >= 4 is 27.1 Å². The van der Waals surface area contributed by atoms with Crippen molar-refractivity contribution in [2.45, 2.75) is 6.42 Å². The number of hydrogen-bond acceptors (Lipinski definition) is 7. The van der Waals surface area contributed by atoms with Gasteiger partial charge in [-0.25, -0.2) is 4.39 Å². The van der Waals surface area contributed by atoms with Crippen molar-refractivity contribution in [3.63, 3.8) is 0 Å². The zero-order valence-electron chi connectivity index (χ0n) is 13.3. The molecule has 0 unspecified atom stereocenters. The summed E-state index contributed by atoms with van der Waals surface area (Å²) in [6, 6.07) is 12.0. The SMILES string of the molecule is Fc1cccc(Nc2nn3c(Cc4ccc5c(c4)OCO5)nnc3s2)c1. The van der Waals surface area contributed by atoms with E-state index in [0.717, 1.165) is 17.1 Å². The smallest absolute Gasteiger partial charge is 0.236 e. The lowest BCUT2D eigenvalue weighted by atomic mass is 10.1. The molecule has 0 aliphatic carbocycles. The van der Waals surface area contributed by atoms with E-state index in [2.05, 4.69) is 20.6 Å². The van der Waals surface area contributed by atoms with E-state index in [-0.39, 0.29) is 12.6 Å². The van der Waals surface area contributed by atoms with Gasteiger partial charge in [-0.3, -0.25) is 0 Å². The van der Waals surface area contributed by atoms with Crippen molar-refractivity contribution in [2.75, 3.05) is 12.1 Å². The third-order valence-electron chi connectivity index (χ3n) is 3.93. The first-order valence-electron chi connectivity index (χ1n) is 7.87. The van der Waals surface area contributed by atoms with Crippen molar-refractivity contribution in [3.05, 3.63) is 59.7 Å². The highest BCUT2D eigenvalue weighted by Crippen LogP contribution is 2.33. The first-order valence-corrected chi connectivity index (χ1v) is 8.68. The second-order valence-corrected chi connectivity index (χ2v) is 6.67. The number of ether oxygens (including phenoxy) is 2. The second kappa shape index (κ2) is 5.95. The van der Waals surface area contributed by atoms with Gasteiger partial charge < -0.3 is 14.8 Å². The van der Waals surface area contributed by atoms with Gasteiger partial charge in [-0.2, -0.15) is 4.52 Å². The Balaban J connectivity index is 1.41. The van der Waals surface area contributed by atoms with Crippen LogP contribution in [0.25, 0.3) is 4.96 Å². The maximum absolute atomic E-state index is 13.3. The van der Waals surface area contributed by atoms with E-state index in [0.29, 0.717) is 28.0 Å². The molecule has 0 atom stereocenters. The van der Waals surface area contributed by atoms with Gasteiger partial charge in [-0.05, 0) is 35.9 Å². The number of anilines is 2. The standard InChI is InChI=1S/C17H12FN5O2S/c18-11-2-1-3-12(8-11)19-16-22-23-15(20-21-17(23)26-16)7-10-4-5-13-14(6-10)25-9-24-13/h1-6,8H,7,9H2,(H,19,22). The van der Waals surface area contributed by atoms with Crippen molar-refractivity contribution in [2.24, 2.45) is 0 Å². The Bertz CT molecular complexity index is 1110. The summed E-state index contributed by atoms with van der Waals surface area (Å²) >= 11 is 1.35. The maximum Gasteiger partial charge on any atom is 0.236 e. The minimum atomic E-state index is -0.304. The molecule has 0 saturated heterocycles. The molecule has 0 bridgehead atoms. The van der Waals surface area contributed by atoms with Crippen molar-refractivity contribution in [1.82, 2.24) is 19.8 Å². The Labute approximate surface area is 151 Å². The lowest BCUT2D eigenvalue weighted by molar-refractivity contribution is 0.174. The molecule has 0 amide bonds. The summed E-state index contributed by atoms with van der Waals surface area (Å²) in [4.78, 5) is 0.666. The second-order valence-electron chi connectivity index (χ2n) is 5.72. The molecule has 1 aliphatic rings. The van der Waals surface area contributed by atoms with Gasteiger partial charge in [0.1, 0.15) is 5.82 Å². The van der Waals surface area contributed by atoms with Gasteiger partial charge in [-0.1, -0.05) is 23.5 Å². The van der Waals surface area contributed by atoms with Crippen LogP contribution in [0.5, 0.6) is 11.5 Å². The molecular formula is C17H12FN5O2S. The van der Waals surface area contributed by atoms with E-state index >= 15 is 0 Å². The molecule has 3 heterocycles. The summed E-state index contributed by atoms with van der Waals surface area (Å²) in [5.41, 5.74) is 1.66. The first-order chi connectivity index (χ1) is 12.7. The largest absolute Gasteiger partial charge is 0.454 e. The Morgan fingerprint density at radius 2 is 2.04 bits per heavy atom. The zero-order chi connectivity index (χ0) is 17.5. The van der Waals surface area contributed by atoms with Crippen LogP contribution in [0.2, 0.25) is 0 Å². The molecule has 1 aliphatic heterocycles. The maximum atomic E-state index is 13.3. The molecule has 2 aromatic heterocycles. The zero-order valence-corrected chi connectivity index (χ0v) is 14.2. The van der Waals surface area contributed by atoms with Crippen LogP contribution in [0.3, 0.4) is 0 Å². The molecule has 130 valence electrons. The fourth-order valence-electron chi connectivity index (χ4n) is 2.74. The molecule has 26 heavy (non-hydrogen) atoms. The van der Waals surface area contributed by atoms with E-state index in [1.807, 2.05) is 18.2 Å². The minimum Gasteiger partial charge on any atom is -0.454 e. The molecule has 0 spiro atoms. The number of halogens is 1. The molecule has 9 heteroatoms. The summed E-state index contributed by atoms with van der Waals surface area (Å²) in [5.74, 6) is 1.88. The molecule has 4 aromatic rings. The molecule has 0 radical (unpaired) electrons. The molecule has 1 N–H and O–H groups in total. The number of hydrogen-bond donors (Lipinski definition) is 1. The van der Waals surface area contributed by atoms with Gasteiger partial charge in [0.2, 0.25) is 16.9 Å². The van der Waals surface area contributed by atoms with E-state index in [1.54, 1.807) is 16.6 Å². The first kappa shape index (κ1) is 15.1. The summed E-state index contributed by atoms with van der Waals surface area (Å²) in [6.45, 7) is 0.245. The van der Waals surface area contributed by atoms with Crippen molar-refractivity contribution in [3.8, 4) is 11.5 Å². The average molecular weight is 369 g/mol. The third-order valence-corrected chi connectivity index (χ3v) is 4.74. The molecule has 0 fully saturated rings. The molecule has 0 saturated carbocycles. The van der Waals surface area contributed by atoms with Crippen LogP contribution >= 0.6 is 11.3 Å². The van der Waals surface area contributed by atoms with Gasteiger partial charge in [0.25, 0.3) is 0 Å². The van der Waals surface area contributed by atoms with Gasteiger partial charge >= 0.3 is 0 Å². The number of rotatable bonds is 4. The summed E-state index contributed by atoms with van der Waals surface area (Å²) in [5, 5.41) is 16.6. The Morgan fingerprint density at radius 3 is 2.96 bits per heavy atom. The van der Waals surface area contributed by atoms with E-state index < -0.39 is 0 Å². The van der Waals surface area contributed by atoms with E-state index in [4.69, 9.17) is 9.47 Å². The van der Waals surface area contributed by atoms with Gasteiger partial charge in [0.05, 0.1) is 0 Å². The lowest BCUT2D eigenvalue weighted by Gasteiger charge is -2.02. The van der Waals surface area contributed by atoms with Gasteiger partial charge in [0, 0.05) is 12.1 Å². The van der Waals surface area contributed by atoms with Gasteiger partial charge in [0.15, 0.2) is 17.3 Å². The summed E-state index contributed by atoms with van der Waals surface area (Å²) in [7, 11) is 0. The van der Waals surface area contributed by atoms with E-state index in [1.165, 1.54) is 23.5 Å². The van der Waals surface area contributed by atoms with Crippen LogP contribution in [0.4, 0.5) is 15.2 Å². The predicted octanol–water partition coefficient (Wildman–Crippen LogP) is 3.39. The lowest BCUT2D eigenvalue weighted by Crippen LogP contribution is -1.99. The third kappa shape index (κ3) is 2.72. The molecule has 7 nitrogen and oxygen atoms in total. The molecular weight excluding hydrogens is 357 g/mol. The van der Waals surface area contributed by atoms with Crippen LogP contribution in [-0.2, 0) is 6.42 Å². The topological polar surface area (TPSA) is 73.6 Å². The van der Waals surface area contributed by atoms with Crippen LogP contribution in [0.1, 0.15) is 11.4 Å². The normalized spacial score (nSPS) is 12.7. The van der Waals surface area contributed by atoms with Crippen molar-refractivity contribution in [1.29, 1.82) is 0 Å². The fourth-order valence-corrected chi connectivity index (χ4v) is 3.52. The quantitative estimate of drug-likeness (QED) is 0.594. The van der Waals surface area contributed by atoms with Gasteiger partial charge in [-0.15, -0.1) is 15.3 Å². The highest BCUT2D eigenvalue weighted by Gasteiger charge is 2.16. The molecule has 5 rings (SSSR count). The highest BCUT2D eigenvalue weighted by atomic mass is 32.1. The van der Waals surface area contributed by atoms with Crippen LogP contribution < -0.4 is 14.8 Å². The highest BCUT2D eigenvalue weighted by molar-refractivity contribution is 7.20. The molecule has 2 aromatic carbocycles. The number of benzene rings is 2.